The van der Waals surface area contributed by atoms with Crippen LogP contribution in [0, 0.1) is 0 Å². The summed E-state index contributed by atoms with van der Waals surface area (Å²) in [6.07, 6.45) is 0.540. The Balaban J connectivity index is 1.67. The fourth-order valence-corrected chi connectivity index (χ4v) is 2.68. The lowest BCUT2D eigenvalue weighted by Crippen LogP contribution is -2.39. The Bertz CT molecular complexity index is 705. The molecule has 0 aromatic heterocycles. The third kappa shape index (κ3) is 3.28. The Hall–Kier alpha value is -2.57. The molecule has 0 aliphatic carbocycles. The summed E-state index contributed by atoms with van der Waals surface area (Å²) in [6, 6.07) is 13.9. The third-order valence-corrected chi connectivity index (χ3v) is 3.90. The molecule has 0 spiro atoms. The van der Waals surface area contributed by atoms with E-state index in [9.17, 15) is 9.90 Å². The van der Waals surface area contributed by atoms with Gasteiger partial charge in [-0.05, 0) is 24.6 Å². The third-order valence-electron chi connectivity index (χ3n) is 3.90. The molecule has 23 heavy (non-hydrogen) atoms. The molecule has 0 bridgehead atoms. The number of carbonyl (C=O) groups is 1. The number of ether oxygens (including phenoxy) is 1. The first-order valence-corrected chi connectivity index (χ1v) is 7.42. The molecule has 0 radical (unpaired) electrons. The first kappa shape index (κ1) is 15.3. The van der Waals surface area contributed by atoms with Crippen LogP contribution in [-0.4, -0.2) is 24.2 Å². The maximum Gasteiger partial charge on any atom is 0.243 e. The van der Waals surface area contributed by atoms with E-state index in [0.717, 1.165) is 5.56 Å². The number of hydrogen-bond acceptors (Lipinski definition) is 5. The van der Waals surface area contributed by atoms with Crippen LogP contribution in [0.5, 0.6) is 11.5 Å². The zero-order chi connectivity index (χ0) is 16.2. The molecule has 120 valence electrons. The van der Waals surface area contributed by atoms with Gasteiger partial charge in [-0.15, -0.1) is 0 Å². The smallest absolute Gasteiger partial charge is 0.243 e. The second-order valence-corrected chi connectivity index (χ2v) is 5.38. The van der Waals surface area contributed by atoms with Crippen LogP contribution in [0.25, 0.3) is 0 Å². The maximum atomic E-state index is 12.4. The molecular weight excluding hydrogens is 294 g/mol. The molecule has 2 unspecified atom stereocenters. The van der Waals surface area contributed by atoms with Gasteiger partial charge in [-0.1, -0.05) is 30.3 Å². The van der Waals surface area contributed by atoms with E-state index in [1.165, 1.54) is 0 Å². The topological polar surface area (TPSA) is 82.6 Å². The molecule has 1 saturated heterocycles. The van der Waals surface area contributed by atoms with Gasteiger partial charge in [-0.3, -0.25) is 4.79 Å². The summed E-state index contributed by atoms with van der Waals surface area (Å²) < 4.78 is 5.23. The normalized spacial score (nSPS) is 20.2. The van der Waals surface area contributed by atoms with Crippen LogP contribution < -0.4 is 20.9 Å². The lowest BCUT2D eigenvalue weighted by molar-refractivity contribution is -0.117. The number of methoxy groups -OCH3 is 1. The maximum absolute atomic E-state index is 12.4. The first-order chi connectivity index (χ1) is 11.2. The van der Waals surface area contributed by atoms with Gasteiger partial charge >= 0.3 is 0 Å². The van der Waals surface area contributed by atoms with Crippen molar-refractivity contribution in [2.45, 2.75) is 18.5 Å². The molecule has 6 heteroatoms. The summed E-state index contributed by atoms with van der Waals surface area (Å²) in [5.74, 6) is 0.682. The summed E-state index contributed by atoms with van der Waals surface area (Å²) in [7, 11) is 1.56. The number of anilines is 1. The van der Waals surface area contributed by atoms with Gasteiger partial charge in [-0.25, -0.2) is 10.9 Å². The zero-order valence-corrected chi connectivity index (χ0v) is 12.7. The van der Waals surface area contributed by atoms with E-state index in [0.29, 0.717) is 17.9 Å². The number of benzene rings is 2. The molecule has 1 fully saturated rings. The van der Waals surface area contributed by atoms with Gasteiger partial charge < -0.3 is 15.2 Å². The first-order valence-electron chi connectivity index (χ1n) is 7.42. The van der Waals surface area contributed by atoms with Crippen molar-refractivity contribution < 1.29 is 14.6 Å². The molecule has 4 N–H and O–H groups in total. The van der Waals surface area contributed by atoms with Gasteiger partial charge in [0.2, 0.25) is 5.91 Å². The van der Waals surface area contributed by atoms with Gasteiger partial charge in [0.05, 0.1) is 18.8 Å². The lowest BCUT2D eigenvalue weighted by atomic mass is 10.0. The minimum atomic E-state index is -0.399. The Labute approximate surface area is 134 Å². The Morgan fingerprint density at radius 2 is 1.91 bits per heavy atom. The molecule has 3 rings (SSSR count). The highest BCUT2D eigenvalue weighted by atomic mass is 16.5. The summed E-state index contributed by atoms with van der Waals surface area (Å²) in [5.41, 5.74) is 7.44. The summed E-state index contributed by atoms with van der Waals surface area (Å²) in [6.45, 7) is 0. The highest BCUT2D eigenvalue weighted by Gasteiger charge is 2.31. The fraction of sp³-hybridized carbons (Fsp3) is 0.235. The van der Waals surface area contributed by atoms with Crippen LogP contribution >= 0.6 is 0 Å². The van der Waals surface area contributed by atoms with Crippen LogP contribution in [-0.2, 0) is 4.79 Å². The van der Waals surface area contributed by atoms with Gasteiger partial charge in [0.15, 0.2) is 0 Å². The van der Waals surface area contributed by atoms with E-state index in [1.54, 1.807) is 31.4 Å². The summed E-state index contributed by atoms with van der Waals surface area (Å²) >= 11 is 0. The average Bonchev–Trinajstić information content (AvgIpc) is 3.05. The molecule has 0 saturated carbocycles. The number of phenols is 1. The van der Waals surface area contributed by atoms with E-state index in [4.69, 9.17) is 4.74 Å². The quantitative estimate of drug-likeness (QED) is 0.693. The van der Waals surface area contributed by atoms with Crippen LogP contribution in [0.2, 0.25) is 0 Å². The van der Waals surface area contributed by atoms with Crippen molar-refractivity contribution >= 4 is 11.6 Å². The lowest BCUT2D eigenvalue weighted by Gasteiger charge is -2.13. The van der Waals surface area contributed by atoms with E-state index >= 15 is 0 Å². The number of amides is 1. The molecule has 1 aliphatic rings. The monoisotopic (exact) mass is 313 g/mol. The van der Waals surface area contributed by atoms with Gasteiger partial charge in [-0.2, -0.15) is 0 Å². The second-order valence-electron chi connectivity index (χ2n) is 5.38. The van der Waals surface area contributed by atoms with Crippen molar-refractivity contribution in [2.24, 2.45) is 0 Å². The van der Waals surface area contributed by atoms with Crippen molar-refractivity contribution in [3.05, 3.63) is 54.1 Å². The molecule has 6 nitrogen and oxygen atoms in total. The van der Waals surface area contributed by atoms with Crippen LogP contribution in [0.1, 0.15) is 18.0 Å². The van der Waals surface area contributed by atoms with E-state index in [2.05, 4.69) is 16.2 Å². The standard InChI is InChI=1S/C17H19N3O3/c1-23-16-9-5-3-7-12(16)18-17(22)14-10-13(19-20-14)11-6-2-4-8-15(11)21/h2-9,13-14,19-21H,10H2,1H3,(H,18,22). The predicted molar refractivity (Wildman–Crippen MR) is 87.1 cm³/mol. The number of hydrogen-bond donors (Lipinski definition) is 4. The van der Waals surface area contributed by atoms with Crippen molar-refractivity contribution in [1.82, 2.24) is 10.9 Å². The van der Waals surface area contributed by atoms with Crippen LogP contribution in [0.15, 0.2) is 48.5 Å². The highest BCUT2D eigenvalue weighted by Crippen LogP contribution is 2.30. The minimum absolute atomic E-state index is 0.121. The molecule has 1 amide bonds. The van der Waals surface area contributed by atoms with E-state index in [1.807, 2.05) is 24.3 Å². The van der Waals surface area contributed by atoms with Gasteiger partial charge in [0, 0.05) is 5.56 Å². The van der Waals surface area contributed by atoms with E-state index < -0.39 is 6.04 Å². The average molecular weight is 313 g/mol. The summed E-state index contributed by atoms with van der Waals surface area (Å²) in [5, 5.41) is 12.8. The number of nitrogens with one attached hydrogen (secondary N) is 3. The molecule has 2 aromatic carbocycles. The Kier molecular flexibility index (Phi) is 4.45. The van der Waals surface area contributed by atoms with Gasteiger partial charge in [0.1, 0.15) is 17.5 Å². The summed E-state index contributed by atoms with van der Waals surface area (Å²) in [4.78, 5) is 12.4. The number of aromatic hydroxyl groups is 1. The number of rotatable bonds is 4. The number of hydrazine groups is 1. The highest BCUT2D eigenvalue weighted by molar-refractivity contribution is 5.96. The van der Waals surface area contributed by atoms with Crippen molar-refractivity contribution in [3.8, 4) is 11.5 Å². The SMILES string of the molecule is COc1ccccc1NC(=O)C1CC(c2ccccc2O)NN1. The van der Waals surface area contributed by atoms with Crippen LogP contribution in [0.3, 0.4) is 0 Å². The molecule has 1 aliphatic heterocycles. The van der Waals surface area contributed by atoms with Crippen molar-refractivity contribution in [2.75, 3.05) is 12.4 Å². The Morgan fingerprint density at radius 1 is 1.17 bits per heavy atom. The van der Waals surface area contributed by atoms with Gasteiger partial charge in [0.25, 0.3) is 0 Å². The number of phenolic OH excluding ortho intramolecular Hbond substituents is 1. The number of para-hydroxylation sites is 3. The van der Waals surface area contributed by atoms with E-state index in [-0.39, 0.29) is 17.7 Å². The molecule has 2 aromatic rings. The predicted octanol–water partition coefficient (Wildman–Crippen LogP) is 1.95. The molecule has 2 atom stereocenters. The Morgan fingerprint density at radius 3 is 2.70 bits per heavy atom. The van der Waals surface area contributed by atoms with Crippen molar-refractivity contribution in [3.63, 3.8) is 0 Å². The van der Waals surface area contributed by atoms with Crippen LogP contribution in [0.4, 0.5) is 5.69 Å². The zero-order valence-electron chi connectivity index (χ0n) is 12.7. The second kappa shape index (κ2) is 6.68. The fourth-order valence-electron chi connectivity index (χ4n) is 2.68. The largest absolute Gasteiger partial charge is 0.508 e. The molecule has 1 heterocycles. The number of carbonyl (C=O) groups excluding carboxylic acids is 1. The van der Waals surface area contributed by atoms with Crippen molar-refractivity contribution in [1.29, 1.82) is 0 Å². The molecular formula is C17H19N3O3. The minimum Gasteiger partial charge on any atom is -0.508 e.